The lowest BCUT2D eigenvalue weighted by molar-refractivity contribution is 0.224. The summed E-state index contributed by atoms with van der Waals surface area (Å²) in [6.07, 6.45) is 2.77. The summed E-state index contributed by atoms with van der Waals surface area (Å²) < 4.78 is 0. The average Bonchev–Trinajstić information content (AvgIpc) is 3.18. The molecule has 1 saturated carbocycles. The van der Waals surface area contributed by atoms with Gasteiger partial charge < -0.3 is 10.2 Å². The van der Waals surface area contributed by atoms with E-state index in [4.69, 9.17) is 0 Å². The lowest BCUT2D eigenvalue weighted by atomic mass is 10.0. The molecule has 0 saturated heterocycles. The fourth-order valence-electron chi connectivity index (χ4n) is 2.70. The third-order valence-electron chi connectivity index (χ3n) is 4.14. The SMILES string of the molecule is CC(C)C(CNCc1ccc(C2CC2)cc1)N(C)C. The number of benzene rings is 1. The minimum atomic E-state index is 0.603. The largest absolute Gasteiger partial charge is 0.311 e. The molecule has 0 amide bonds. The number of nitrogens with zero attached hydrogens (tertiary/aromatic N) is 1. The number of likely N-dealkylation sites (N-methyl/N-ethyl adjacent to an activating group) is 1. The third-order valence-corrected chi connectivity index (χ3v) is 4.14. The second-order valence-electron chi connectivity index (χ2n) is 6.42. The van der Waals surface area contributed by atoms with E-state index in [1.165, 1.54) is 24.0 Å². The van der Waals surface area contributed by atoms with E-state index >= 15 is 0 Å². The molecule has 1 aromatic rings. The Kier molecular flexibility index (Phi) is 5.00. The van der Waals surface area contributed by atoms with Crippen molar-refractivity contribution in [1.82, 2.24) is 10.2 Å². The Hall–Kier alpha value is -0.860. The van der Waals surface area contributed by atoms with Gasteiger partial charge in [0.1, 0.15) is 0 Å². The molecule has 0 radical (unpaired) electrons. The maximum atomic E-state index is 3.59. The first-order chi connectivity index (χ1) is 9.08. The Bertz CT molecular complexity index is 369. The first kappa shape index (κ1) is 14.5. The zero-order chi connectivity index (χ0) is 13.8. The van der Waals surface area contributed by atoms with Crippen molar-refractivity contribution in [3.05, 3.63) is 35.4 Å². The summed E-state index contributed by atoms with van der Waals surface area (Å²) in [6, 6.07) is 9.77. The Balaban J connectivity index is 1.78. The predicted octanol–water partition coefficient (Wildman–Crippen LogP) is 3.24. The molecule has 2 nitrogen and oxygen atoms in total. The van der Waals surface area contributed by atoms with Crippen molar-refractivity contribution in [2.45, 2.75) is 45.2 Å². The molecule has 1 aromatic carbocycles. The van der Waals surface area contributed by atoms with Crippen molar-refractivity contribution in [1.29, 1.82) is 0 Å². The van der Waals surface area contributed by atoms with Crippen LogP contribution in [0, 0.1) is 5.92 Å². The topological polar surface area (TPSA) is 15.3 Å². The van der Waals surface area contributed by atoms with E-state index in [-0.39, 0.29) is 0 Å². The predicted molar refractivity (Wildman–Crippen MR) is 82.4 cm³/mol. The summed E-state index contributed by atoms with van der Waals surface area (Å²) in [4.78, 5) is 2.31. The quantitative estimate of drug-likeness (QED) is 0.809. The van der Waals surface area contributed by atoms with Crippen LogP contribution in [0.5, 0.6) is 0 Å². The fourth-order valence-corrected chi connectivity index (χ4v) is 2.70. The molecule has 19 heavy (non-hydrogen) atoms. The standard InChI is InChI=1S/C17H28N2/c1-13(2)17(19(3)4)12-18-11-14-5-7-15(8-6-14)16-9-10-16/h5-8,13,16-18H,9-12H2,1-4H3. The van der Waals surface area contributed by atoms with Gasteiger partial charge in [0.2, 0.25) is 0 Å². The van der Waals surface area contributed by atoms with Crippen LogP contribution in [0.3, 0.4) is 0 Å². The van der Waals surface area contributed by atoms with Gasteiger partial charge in [-0.15, -0.1) is 0 Å². The van der Waals surface area contributed by atoms with Crippen molar-refractivity contribution >= 4 is 0 Å². The molecule has 0 aliphatic heterocycles. The molecule has 0 bridgehead atoms. The van der Waals surface area contributed by atoms with Crippen LogP contribution < -0.4 is 5.32 Å². The Morgan fingerprint density at radius 3 is 2.26 bits per heavy atom. The molecule has 1 aliphatic carbocycles. The molecule has 0 heterocycles. The monoisotopic (exact) mass is 260 g/mol. The lowest BCUT2D eigenvalue weighted by Crippen LogP contribution is -2.41. The highest BCUT2D eigenvalue weighted by Gasteiger charge is 2.22. The zero-order valence-corrected chi connectivity index (χ0v) is 12.8. The number of rotatable bonds is 7. The molecule has 106 valence electrons. The van der Waals surface area contributed by atoms with Gasteiger partial charge >= 0.3 is 0 Å². The molecule has 0 aromatic heterocycles. The molecule has 1 unspecified atom stereocenters. The van der Waals surface area contributed by atoms with E-state index in [0.29, 0.717) is 12.0 Å². The second kappa shape index (κ2) is 6.53. The van der Waals surface area contributed by atoms with Crippen LogP contribution in [0.2, 0.25) is 0 Å². The van der Waals surface area contributed by atoms with Crippen molar-refractivity contribution < 1.29 is 0 Å². The van der Waals surface area contributed by atoms with E-state index in [0.717, 1.165) is 19.0 Å². The zero-order valence-electron chi connectivity index (χ0n) is 12.8. The minimum absolute atomic E-state index is 0.603. The first-order valence-corrected chi connectivity index (χ1v) is 7.54. The van der Waals surface area contributed by atoms with Crippen LogP contribution in [0.25, 0.3) is 0 Å². The summed E-state index contributed by atoms with van der Waals surface area (Å²) in [6.45, 7) is 6.60. The first-order valence-electron chi connectivity index (χ1n) is 7.54. The highest BCUT2D eigenvalue weighted by atomic mass is 15.1. The van der Waals surface area contributed by atoms with E-state index in [1.54, 1.807) is 0 Å². The van der Waals surface area contributed by atoms with Gasteiger partial charge in [-0.2, -0.15) is 0 Å². The molecule has 0 spiro atoms. The molecule has 2 heteroatoms. The number of nitrogens with one attached hydrogen (secondary N) is 1. The summed E-state index contributed by atoms with van der Waals surface area (Å²) in [5, 5.41) is 3.59. The van der Waals surface area contributed by atoms with E-state index in [1.807, 2.05) is 0 Å². The Labute approximate surface area is 118 Å². The van der Waals surface area contributed by atoms with E-state index < -0.39 is 0 Å². The van der Waals surface area contributed by atoms with Crippen LogP contribution in [-0.2, 0) is 6.54 Å². The van der Waals surface area contributed by atoms with E-state index in [9.17, 15) is 0 Å². The molecular formula is C17H28N2. The minimum Gasteiger partial charge on any atom is -0.311 e. The Morgan fingerprint density at radius 2 is 1.79 bits per heavy atom. The van der Waals surface area contributed by atoms with Gasteiger partial charge in [-0.1, -0.05) is 38.1 Å². The van der Waals surface area contributed by atoms with Crippen molar-refractivity contribution in [3.63, 3.8) is 0 Å². The molecule has 2 rings (SSSR count). The number of hydrogen-bond donors (Lipinski definition) is 1. The van der Waals surface area contributed by atoms with Gasteiger partial charge in [0, 0.05) is 19.1 Å². The lowest BCUT2D eigenvalue weighted by Gasteiger charge is -2.28. The van der Waals surface area contributed by atoms with Crippen molar-refractivity contribution in [3.8, 4) is 0 Å². The maximum Gasteiger partial charge on any atom is 0.0237 e. The van der Waals surface area contributed by atoms with Crippen LogP contribution in [0.4, 0.5) is 0 Å². The van der Waals surface area contributed by atoms with Gasteiger partial charge in [-0.25, -0.2) is 0 Å². The smallest absolute Gasteiger partial charge is 0.0237 e. The highest BCUT2D eigenvalue weighted by molar-refractivity contribution is 5.27. The van der Waals surface area contributed by atoms with Gasteiger partial charge in [0.15, 0.2) is 0 Å². The molecule has 1 atom stereocenters. The van der Waals surface area contributed by atoms with Crippen LogP contribution in [0.15, 0.2) is 24.3 Å². The molecule has 1 N–H and O–H groups in total. The van der Waals surface area contributed by atoms with E-state index in [2.05, 4.69) is 62.4 Å². The van der Waals surface area contributed by atoms with Crippen molar-refractivity contribution in [2.24, 2.45) is 5.92 Å². The van der Waals surface area contributed by atoms with Gasteiger partial charge in [0.25, 0.3) is 0 Å². The van der Waals surface area contributed by atoms with Gasteiger partial charge in [-0.05, 0) is 49.9 Å². The maximum absolute atomic E-state index is 3.59. The fraction of sp³-hybridized carbons (Fsp3) is 0.647. The molecule has 1 fully saturated rings. The van der Waals surface area contributed by atoms with Crippen LogP contribution in [0.1, 0.15) is 43.7 Å². The van der Waals surface area contributed by atoms with Gasteiger partial charge in [0.05, 0.1) is 0 Å². The van der Waals surface area contributed by atoms with Crippen LogP contribution >= 0.6 is 0 Å². The van der Waals surface area contributed by atoms with Crippen molar-refractivity contribution in [2.75, 3.05) is 20.6 Å². The summed E-state index contributed by atoms with van der Waals surface area (Å²) in [5.41, 5.74) is 2.92. The molecular weight excluding hydrogens is 232 g/mol. The Morgan fingerprint density at radius 1 is 1.16 bits per heavy atom. The summed E-state index contributed by atoms with van der Waals surface area (Å²) in [7, 11) is 4.33. The normalized spacial score (nSPS) is 17.2. The van der Waals surface area contributed by atoms with Gasteiger partial charge in [-0.3, -0.25) is 0 Å². The second-order valence-corrected chi connectivity index (χ2v) is 6.42. The molecule has 1 aliphatic rings. The average molecular weight is 260 g/mol. The number of hydrogen-bond acceptors (Lipinski definition) is 2. The highest BCUT2D eigenvalue weighted by Crippen LogP contribution is 2.39. The summed E-state index contributed by atoms with van der Waals surface area (Å²) in [5.74, 6) is 1.54. The van der Waals surface area contributed by atoms with Crippen LogP contribution in [-0.4, -0.2) is 31.6 Å². The third kappa shape index (κ3) is 4.32. The summed E-state index contributed by atoms with van der Waals surface area (Å²) >= 11 is 0.